The molecule has 1 aromatic heterocycles. The Bertz CT molecular complexity index is 898. The van der Waals surface area contributed by atoms with Crippen LogP contribution < -0.4 is 16.0 Å². The molecule has 0 radical (unpaired) electrons. The molecule has 0 unspecified atom stereocenters. The summed E-state index contributed by atoms with van der Waals surface area (Å²) in [6.45, 7) is 7.96. The monoisotopic (exact) mass is 450 g/mol. The number of rotatable bonds is 11. The number of nitrogens with one attached hydrogen (secondary N) is 3. The van der Waals surface area contributed by atoms with Gasteiger partial charge in [0.2, 0.25) is 11.8 Å². The zero-order valence-electron chi connectivity index (χ0n) is 17.0. The van der Waals surface area contributed by atoms with Gasteiger partial charge in [-0.3, -0.25) is 9.59 Å². The van der Waals surface area contributed by atoms with E-state index in [0.29, 0.717) is 24.4 Å². The van der Waals surface area contributed by atoms with E-state index in [1.165, 1.54) is 29.2 Å². The number of nitrogens with zero attached hydrogens (tertiary/aromatic N) is 1. The Kier molecular flexibility index (Phi) is 9.62. The van der Waals surface area contributed by atoms with Crippen LogP contribution in [0.2, 0.25) is 0 Å². The molecule has 0 spiro atoms. The second-order valence-electron chi connectivity index (χ2n) is 6.75. The lowest BCUT2D eigenvalue weighted by atomic mass is 10.1. The van der Waals surface area contributed by atoms with Crippen molar-refractivity contribution in [3.8, 4) is 0 Å². The summed E-state index contributed by atoms with van der Waals surface area (Å²) in [5.41, 5.74) is 1.49. The topological polar surface area (TPSA) is 109 Å². The van der Waals surface area contributed by atoms with Crippen molar-refractivity contribution >= 4 is 56.9 Å². The molecule has 162 valence electrons. The molecule has 0 bridgehead atoms. The fraction of sp³-hybridized carbons (Fsp3) is 0.400. The molecule has 2 rings (SSSR count). The molecule has 2 aromatic rings. The predicted molar refractivity (Wildman–Crippen MR) is 121 cm³/mol. The van der Waals surface area contributed by atoms with Gasteiger partial charge in [0.05, 0.1) is 16.8 Å². The van der Waals surface area contributed by atoms with Gasteiger partial charge >= 0.3 is 6.09 Å². The lowest BCUT2D eigenvalue weighted by Gasteiger charge is -2.08. The highest BCUT2D eigenvalue weighted by Crippen LogP contribution is 2.31. The van der Waals surface area contributed by atoms with E-state index >= 15 is 0 Å². The van der Waals surface area contributed by atoms with E-state index in [0.717, 1.165) is 14.6 Å². The Morgan fingerprint density at radius 1 is 1.27 bits per heavy atom. The molecule has 0 aliphatic heterocycles. The highest BCUT2D eigenvalue weighted by atomic mass is 32.2. The molecular formula is C20H26N4O4S2. The van der Waals surface area contributed by atoms with Crippen LogP contribution in [-0.2, 0) is 14.3 Å². The van der Waals surface area contributed by atoms with Gasteiger partial charge in [-0.1, -0.05) is 38.3 Å². The Morgan fingerprint density at radius 2 is 2.07 bits per heavy atom. The molecule has 30 heavy (non-hydrogen) atoms. The average Bonchev–Trinajstić information content (AvgIpc) is 3.09. The number of fused-ring (bicyclic) bond motifs is 1. The highest BCUT2D eigenvalue weighted by Gasteiger charge is 2.10. The van der Waals surface area contributed by atoms with Crippen molar-refractivity contribution in [2.75, 3.05) is 30.8 Å². The van der Waals surface area contributed by atoms with Gasteiger partial charge in [-0.25, -0.2) is 9.78 Å². The van der Waals surface area contributed by atoms with Crippen LogP contribution in [0, 0.1) is 5.92 Å². The standard InChI is InChI=1S/C20H26N4O4S2/c1-4-8-28-19(27)21-7-9-29-20-24-15-6-5-14(11-16(15)30-20)23-18(26)12-22-17(25)10-13(2)3/h4-6,11,13H,1,7-10,12H2,2-3H3,(H,21,27)(H,22,25)(H,23,26). The summed E-state index contributed by atoms with van der Waals surface area (Å²) < 4.78 is 6.65. The third-order valence-electron chi connectivity index (χ3n) is 3.62. The SMILES string of the molecule is C=CCOC(=O)NCCSc1nc2ccc(NC(=O)CNC(=O)CC(C)C)cc2s1. The lowest BCUT2D eigenvalue weighted by molar-refractivity contribution is -0.124. The first-order valence-electron chi connectivity index (χ1n) is 9.49. The molecule has 0 fully saturated rings. The number of ether oxygens (including phenoxy) is 1. The number of aromatic nitrogens is 1. The molecule has 0 aliphatic carbocycles. The Labute approximate surface area is 183 Å². The summed E-state index contributed by atoms with van der Waals surface area (Å²) in [4.78, 5) is 39.6. The summed E-state index contributed by atoms with van der Waals surface area (Å²) in [6.07, 6.45) is 1.43. The van der Waals surface area contributed by atoms with Gasteiger partial charge in [-0.05, 0) is 24.1 Å². The maximum atomic E-state index is 12.0. The predicted octanol–water partition coefficient (Wildman–Crippen LogP) is 3.40. The Balaban J connectivity index is 1.81. The minimum Gasteiger partial charge on any atom is -0.445 e. The van der Waals surface area contributed by atoms with Crippen LogP contribution in [0.3, 0.4) is 0 Å². The van der Waals surface area contributed by atoms with Gasteiger partial charge in [0.25, 0.3) is 0 Å². The average molecular weight is 451 g/mol. The number of hydrogen-bond donors (Lipinski definition) is 3. The fourth-order valence-corrected chi connectivity index (χ4v) is 4.38. The van der Waals surface area contributed by atoms with Gasteiger partial charge in [0.1, 0.15) is 6.61 Å². The number of alkyl carbamates (subject to hydrolysis) is 1. The molecule has 8 nitrogen and oxygen atoms in total. The maximum Gasteiger partial charge on any atom is 0.407 e. The maximum absolute atomic E-state index is 12.0. The van der Waals surface area contributed by atoms with Crippen LogP contribution in [0.4, 0.5) is 10.5 Å². The summed E-state index contributed by atoms with van der Waals surface area (Å²) in [5.74, 6) is 0.488. The largest absolute Gasteiger partial charge is 0.445 e. The number of hydrogen-bond acceptors (Lipinski definition) is 7. The first-order valence-corrected chi connectivity index (χ1v) is 11.3. The molecule has 0 saturated carbocycles. The van der Waals surface area contributed by atoms with E-state index in [1.807, 2.05) is 26.0 Å². The van der Waals surface area contributed by atoms with Crippen molar-refractivity contribution in [3.05, 3.63) is 30.9 Å². The number of benzene rings is 1. The van der Waals surface area contributed by atoms with Crippen LogP contribution in [-0.4, -0.2) is 48.3 Å². The second-order valence-corrected chi connectivity index (χ2v) is 9.12. The fourth-order valence-electron chi connectivity index (χ4n) is 2.35. The summed E-state index contributed by atoms with van der Waals surface area (Å²) in [6, 6.07) is 5.48. The van der Waals surface area contributed by atoms with E-state index in [-0.39, 0.29) is 30.9 Å². The van der Waals surface area contributed by atoms with Crippen molar-refractivity contribution in [3.63, 3.8) is 0 Å². The van der Waals surface area contributed by atoms with Crippen molar-refractivity contribution < 1.29 is 19.1 Å². The smallest absolute Gasteiger partial charge is 0.407 e. The van der Waals surface area contributed by atoms with E-state index in [4.69, 9.17) is 4.74 Å². The minimum absolute atomic E-state index is 0.0599. The third kappa shape index (κ3) is 8.42. The van der Waals surface area contributed by atoms with Crippen LogP contribution in [0.25, 0.3) is 10.2 Å². The van der Waals surface area contributed by atoms with E-state index < -0.39 is 6.09 Å². The van der Waals surface area contributed by atoms with Crippen LogP contribution in [0.5, 0.6) is 0 Å². The molecule has 0 saturated heterocycles. The van der Waals surface area contributed by atoms with Gasteiger partial charge in [0, 0.05) is 24.4 Å². The van der Waals surface area contributed by atoms with Gasteiger partial charge in [0.15, 0.2) is 4.34 Å². The van der Waals surface area contributed by atoms with Crippen LogP contribution >= 0.6 is 23.1 Å². The molecule has 3 N–H and O–H groups in total. The van der Waals surface area contributed by atoms with Crippen LogP contribution in [0.15, 0.2) is 35.2 Å². The lowest BCUT2D eigenvalue weighted by Crippen LogP contribution is -2.33. The van der Waals surface area contributed by atoms with Gasteiger partial charge in [-0.2, -0.15) is 0 Å². The molecule has 1 aromatic carbocycles. The molecular weight excluding hydrogens is 424 g/mol. The van der Waals surface area contributed by atoms with Crippen molar-refractivity contribution in [2.24, 2.45) is 5.92 Å². The van der Waals surface area contributed by atoms with Crippen molar-refractivity contribution in [2.45, 2.75) is 24.6 Å². The zero-order valence-corrected chi connectivity index (χ0v) is 18.7. The number of carbonyl (C=O) groups excluding carboxylic acids is 3. The first kappa shape index (κ1) is 23.7. The number of anilines is 1. The normalized spacial score (nSPS) is 10.6. The Morgan fingerprint density at radius 3 is 2.80 bits per heavy atom. The number of thioether (sulfide) groups is 1. The number of thiazole rings is 1. The molecule has 10 heteroatoms. The highest BCUT2D eigenvalue weighted by molar-refractivity contribution is 8.01. The number of carbonyl (C=O) groups is 3. The quantitative estimate of drug-likeness (QED) is 0.275. The van der Waals surface area contributed by atoms with E-state index in [2.05, 4.69) is 27.5 Å². The van der Waals surface area contributed by atoms with Crippen molar-refractivity contribution in [1.82, 2.24) is 15.6 Å². The minimum atomic E-state index is -0.472. The molecule has 0 atom stereocenters. The second kappa shape index (κ2) is 12.2. The van der Waals surface area contributed by atoms with Crippen molar-refractivity contribution in [1.29, 1.82) is 0 Å². The number of amides is 3. The van der Waals surface area contributed by atoms with Crippen LogP contribution in [0.1, 0.15) is 20.3 Å². The summed E-state index contributed by atoms with van der Waals surface area (Å²) in [7, 11) is 0. The van der Waals surface area contributed by atoms with E-state index in [9.17, 15) is 14.4 Å². The first-order chi connectivity index (χ1) is 14.4. The summed E-state index contributed by atoms with van der Waals surface area (Å²) in [5, 5.41) is 8.05. The molecule has 3 amide bonds. The van der Waals surface area contributed by atoms with Gasteiger partial charge < -0.3 is 20.7 Å². The third-order valence-corrected chi connectivity index (χ3v) is 5.78. The van der Waals surface area contributed by atoms with Gasteiger partial charge in [-0.15, -0.1) is 11.3 Å². The van der Waals surface area contributed by atoms with E-state index in [1.54, 1.807) is 6.07 Å². The Hall–Kier alpha value is -2.59. The summed E-state index contributed by atoms with van der Waals surface area (Å²) >= 11 is 3.04. The molecule has 1 heterocycles. The zero-order chi connectivity index (χ0) is 21.9. The molecule has 0 aliphatic rings.